The smallest absolute Gasteiger partial charge is 0.336 e. The monoisotopic (exact) mass is 463 g/mol. The zero-order valence-electron chi connectivity index (χ0n) is 18.8. The quantitative estimate of drug-likeness (QED) is 0.246. The highest BCUT2D eigenvalue weighted by molar-refractivity contribution is 7.98. The topological polar surface area (TPSA) is 60.9 Å². The lowest BCUT2D eigenvalue weighted by molar-refractivity contribution is 0.339. The summed E-state index contributed by atoms with van der Waals surface area (Å²) in [6, 6.07) is 12.6. The van der Waals surface area contributed by atoms with Gasteiger partial charge < -0.3 is 4.42 Å². The van der Waals surface area contributed by atoms with Gasteiger partial charge in [-0.05, 0) is 55.5 Å². The maximum Gasteiger partial charge on any atom is 0.336 e. The molecule has 0 N–H and O–H groups in total. The Labute approximate surface area is 196 Å². The first kappa shape index (κ1) is 21.9. The van der Waals surface area contributed by atoms with Crippen molar-refractivity contribution in [3.05, 3.63) is 75.4 Å². The van der Waals surface area contributed by atoms with E-state index in [4.69, 9.17) is 4.42 Å². The molecule has 0 unspecified atom stereocenters. The minimum Gasteiger partial charge on any atom is -0.422 e. The summed E-state index contributed by atoms with van der Waals surface area (Å²) in [6.45, 7) is 3.98. The molecule has 0 amide bonds. The molecule has 5 rings (SSSR count). The number of rotatable bonds is 5. The number of thioether (sulfide) groups is 1. The molecular formula is C26H26FN3O2S. The van der Waals surface area contributed by atoms with Gasteiger partial charge in [0.05, 0.1) is 5.56 Å². The summed E-state index contributed by atoms with van der Waals surface area (Å²) in [4.78, 5) is 12.3. The first-order valence-electron chi connectivity index (χ1n) is 11.4. The Balaban J connectivity index is 1.54. The molecule has 2 aromatic heterocycles. The second-order valence-electron chi connectivity index (χ2n) is 8.71. The van der Waals surface area contributed by atoms with Crippen LogP contribution in [-0.4, -0.2) is 14.8 Å². The van der Waals surface area contributed by atoms with E-state index in [0.29, 0.717) is 22.7 Å². The Morgan fingerprint density at radius 2 is 1.88 bits per heavy atom. The lowest BCUT2D eigenvalue weighted by Gasteiger charge is -2.25. The summed E-state index contributed by atoms with van der Waals surface area (Å²) in [5, 5.41) is 10.6. The van der Waals surface area contributed by atoms with Gasteiger partial charge in [0.15, 0.2) is 11.0 Å². The molecule has 0 radical (unpaired) electrons. The maximum atomic E-state index is 14.6. The van der Waals surface area contributed by atoms with Gasteiger partial charge in [-0.15, -0.1) is 10.2 Å². The number of aromatic nitrogens is 3. The van der Waals surface area contributed by atoms with Crippen molar-refractivity contribution >= 4 is 22.7 Å². The van der Waals surface area contributed by atoms with Crippen LogP contribution >= 0.6 is 11.8 Å². The van der Waals surface area contributed by atoms with Gasteiger partial charge in [-0.25, -0.2) is 9.18 Å². The zero-order chi connectivity index (χ0) is 22.9. The Morgan fingerprint density at radius 1 is 1.09 bits per heavy atom. The van der Waals surface area contributed by atoms with Crippen molar-refractivity contribution in [2.75, 3.05) is 0 Å². The van der Waals surface area contributed by atoms with E-state index in [2.05, 4.69) is 14.8 Å². The van der Waals surface area contributed by atoms with Crippen LogP contribution in [0.15, 0.2) is 56.8 Å². The first-order valence-corrected chi connectivity index (χ1v) is 12.4. The van der Waals surface area contributed by atoms with Crippen molar-refractivity contribution in [2.45, 2.75) is 62.9 Å². The van der Waals surface area contributed by atoms with Crippen LogP contribution in [0.25, 0.3) is 22.4 Å². The van der Waals surface area contributed by atoms with E-state index in [1.165, 1.54) is 24.2 Å². The Morgan fingerprint density at radius 3 is 2.67 bits per heavy atom. The van der Waals surface area contributed by atoms with Gasteiger partial charge in [-0.2, -0.15) is 0 Å². The second-order valence-corrected chi connectivity index (χ2v) is 9.65. The van der Waals surface area contributed by atoms with Crippen molar-refractivity contribution in [1.82, 2.24) is 14.8 Å². The van der Waals surface area contributed by atoms with Crippen molar-refractivity contribution < 1.29 is 8.81 Å². The average molecular weight is 464 g/mol. The fourth-order valence-electron chi connectivity index (χ4n) is 4.66. The van der Waals surface area contributed by atoms with Crippen LogP contribution in [0.2, 0.25) is 0 Å². The van der Waals surface area contributed by atoms with Crippen molar-refractivity contribution in [2.24, 2.45) is 0 Å². The molecular weight excluding hydrogens is 437 g/mol. The Kier molecular flexibility index (Phi) is 6.06. The molecule has 0 aliphatic heterocycles. The molecule has 0 bridgehead atoms. The molecule has 4 aromatic rings. The van der Waals surface area contributed by atoms with Crippen molar-refractivity contribution in [3.63, 3.8) is 0 Å². The molecule has 1 aliphatic carbocycles. The van der Waals surface area contributed by atoms with Crippen LogP contribution in [0.5, 0.6) is 0 Å². The van der Waals surface area contributed by atoms with Gasteiger partial charge in [-0.1, -0.05) is 55.3 Å². The van der Waals surface area contributed by atoms with Crippen LogP contribution in [0.4, 0.5) is 4.39 Å². The summed E-state index contributed by atoms with van der Waals surface area (Å²) in [7, 11) is 0. The van der Waals surface area contributed by atoms with E-state index in [1.54, 1.807) is 18.2 Å². The van der Waals surface area contributed by atoms with Gasteiger partial charge in [0.2, 0.25) is 0 Å². The van der Waals surface area contributed by atoms with Crippen LogP contribution in [0.1, 0.15) is 54.8 Å². The number of halogens is 1. The third kappa shape index (κ3) is 4.22. The number of hydrogen-bond donors (Lipinski definition) is 0. The van der Waals surface area contributed by atoms with E-state index >= 15 is 0 Å². The predicted octanol–water partition coefficient (Wildman–Crippen LogP) is 6.60. The first-order chi connectivity index (χ1) is 16.0. The number of fused-ring (bicyclic) bond motifs is 1. The third-order valence-corrected chi connectivity index (χ3v) is 7.59. The van der Waals surface area contributed by atoms with Crippen LogP contribution < -0.4 is 5.63 Å². The zero-order valence-corrected chi connectivity index (χ0v) is 19.6. The van der Waals surface area contributed by atoms with Crippen LogP contribution in [-0.2, 0) is 5.75 Å². The number of hydrogen-bond acceptors (Lipinski definition) is 5. The lowest BCUT2D eigenvalue weighted by Crippen LogP contribution is -2.15. The normalized spacial score (nSPS) is 14.8. The number of aryl methyl sites for hydroxylation is 2. The highest BCUT2D eigenvalue weighted by Gasteiger charge is 2.25. The molecule has 5 nitrogen and oxygen atoms in total. The minimum absolute atomic E-state index is 0.244. The SMILES string of the molecule is Cc1ccc2c(CSc3nnc(-c4ccccc4F)n3C3CCCCC3)cc(=O)oc2c1C. The molecule has 170 valence electrons. The highest BCUT2D eigenvalue weighted by atomic mass is 32.2. The fraction of sp³-hybridized carbons (Fsp3) is 0.346. The van der Waals surface area contributed by atoms with Crippen molar-refractivity contribution in [1.29, 1.82) is 0 Å². The Hall–Kier alpha value is -2.93. The van der Waals surface area contributed by atoms with Crippen LogP contribution in [0.3, 0.4) is 0 Å². The van der Waals surface area contributed by atoms with E-state index in [9.17, 15) is 9.18 Å². The lowest BCUT2D eigenvalue weighted by atomic mass is 9.95. The van der Waals surface area contributed by atoms with Crippen LogP contribution in [0, 0.1) is 19.7 Å². The minimum atomic E-state index is -0.354. The maximum absolute atomic E-state index is 14.6. The average Bonchev–Trinajstić information content (AvgIpc) is 3.24. The second kappa shape index (κ2) is 9.14. The highest BCUT2D eigenvalue weighted by Crippen LogP contribution is 2.37. The van der Waals surface area contributed by atoms with E-state index in [-0.39, 0.29) is 17.5 Å². The standard InChI is InChI=1S/C26H26FN3O2S/c1-16-12-13-20-18(14-23(31)32-24(20)17(16)2)15-33-26-29-28-25(21-10-6-7-11-22(21)27)30(26)19-8-4-3-5-9-19/h6-7,10-14,19H,3-5,8-9,15H2,1-2H3. The van der Waals surface area contributed by atoms with Gasteiger partial charge in [0.25, 0.3) is 0 Å². The fourth-order valence-corrected chi connectivity index (χ4v) is 5.65. The summed E-state index contributed by atoms with van der Waals surface area (Å²) >= 11 is 1.54. The number of nitrogens with zero attached hydrogens (tertiary/aromatic N) is 3. The largest absolute Gasteiger partial charge is 0.422 e. The summed E-state index contributed by atoms with van der Waals surface area (Å²) in [6.07, 6.45) is 5.58. The molecule has 7 heteroatoms. The van der Waals surface area contributed by atoms with Gasteiger partial charge in [-0.3, -0.25) is 4.57 Å². The summed E-state index contributed by atoms with van der Waals surface area (Å²) in [5.41, 5.74) is 3.72. The van der Waals surface area contributed by atoms with Gasteiger partial charge in [0.1, 0.15) is 11.4 Å². The Bertz CT molecular complexity index is 1370. The summed E-state index contributed by atoms with van der Waals surface area (Å²) < 4.78 is 22.3. The molecule has 1 saturated carbocycles. The van der Waals surface area contributed by atoms with Gasteiger partial charge >= 0.3 is 5.63 Å². The predicted molar refractivity (Wildman–Crippen MR) is 129 cm³/mol. The van der Waals surface area contributed by atoms with E-state index in [0.717, 1.165) is 52.9 Å². The summed E-state index contributed by atoms with van der Waals surface area (Å²) in [5.74, 6) is 0.828. The molecule has 1 aliphatic rings. The van der Waals surface area contributed by atoms with Crippen molar-refractivity contribution in [3.8, 4) is 11.4 Å². The molecule has 1 fully saturated rings. The number of benzene rings is 2. The van der Waals surface area contributed by atoms with E-state index in [1.807, 2.05) is 32.0 Å². The third-order valence-electron chi connectivity index (χ3n) is 6.59. The molecule has 33 heavy (non-hydrogen) atoms. The molecule has 2 heterocycles. The van der Waals surface area contributed by atoms with Gasteiger partial charge in [0, 0.05) is 23.2 Å². The molecule has 0 atom stereocenters. The molecule has 0 spiro atoms. The molecule has 2 aromatic carbocycles. The molecule has 0 saturated heterocycles. The van der Waals surface area contributed by atoms with E-state index < -0.39 is 0 Å².